The molecule has 4 aliphatic heterocycles. The number of esters is 5. The summed E-state index contributed by atoms with van der Waals surface area (Å²) in [4.78, 5) is 209. The molecule has 49 heteroatoms. The molecular formula is C94H153N11O38. The van der Waals surface area contributed by atoms with Gasteiger partial charge in [-0.25, -0.2) is 4.79 Å². The minimum absolute atomic E-state index is 0.00718. The van der Waals surface area contributed by atoms with Crippen LogP contribution in [0.4, 0.5) is 4.79 Å². The lowest BCUT2D eigenvalue weighted by molar-refractivity contribution is -0.264. The number of carbonyl (C=O) groups is 16. The number of hydrogen-bond donors (Lipinski definition) is 9. The molecule has 812 valence electrons. The molecule has 143 heavy (non-hydrogen) atoms. The molecule has 0 aromatic heterocycles. The summed E-state index contributed by atoms with van der Waals surface area (Å²) in [5.41, 5.74) is 0.549. The Balaban J connectivity index is 1.27. The molecule has 4 aliphatic rings. The lowest BCUT2D eigenvalue weighted by atomic mass is 9.82. The van der Waals surface area contributed by atoms with Gasteiger partial charge in [0.25, 0.3) is 0 Å². The van der Waals surface area contributed by atoms with E-state index in [1.54, 1.807) is 37.3 Å². The fourth-order valence-corrected chi connectivity index (χ4v) is 15.6. The largest absolute Gasteiger partial charge is 0.463 e. The summed E-state index contributed by atoms with van der Waals surface area (Å²) >= 11 is 0. The summed E-state index contributed by atoms with van der Waals surface area (Å²) in [7, 11) is 0. The second-order valence-corrected chi connectivity index (χ2v) is 34.9. The van der Waals surface area contributed by atoms with Crippen LogP contribution in [0, 0.1) is 41.4 Å². The maximum absolute atomic E-state index is 15.2. The number of alkyl carbamates (subject to hydrolysis) is 1. The molecule has 0 radical (unpaired) electrons. The number of ether oxygens (including phenoxy) is 22. The normalized spacial score (nSPS) is 24.2. The van der Waals surface area contributed by atoms with Gasteiger partial charge in [-0.3, -0.25) is 71.9 Å². The van der Waals surface area contributed by atoms with Crippen molar-refractivity contribution in [3.63, 3.8) is 0 Å². The van der Waals surface area contributed by atoms with E-state index in [-0.39, 0.29) is 245 Å². The maximum Gasteiger partial charge on any atom is 0.408 e. The van der Waals surface area contributed by atoms with Gasteiger partial charge in [-0.1, -0.05) is 78.8 Å². The van der Waals surface area contributed by atoms with E-state index < -0.39 is 208 Å². The summed E-state index contributed by atoms with van der Waals surface area (Å²) in [6.07, 6.45) is -9.51. The lowest BCUT2D eigenvalue weighted by Crippen LogP contribution is -2.62. The van der Waals surface area contributed by atoms with Crippen LogP contribution in [0.25, 0.3) is 0 Å². The van der Waals surface area contributed by atoms with E-state index in [4.69, 9.17) is 104 Å². The lowest BCUT2D eigenvalue weighted by Gasteiger charge is -2.44. The Morgan fingerprint density at radius 2 is 0.601 bits per heavy atom. The summed E-state index contributed by atoms with van der Waals surface area (Å²) in [5.74, 6) is -10.2. The molecule has 11 amide bonds. The quantitative estimate of drug-likeness (QED) is 0.0213. The molecule has 4 saturated heterocycles. The van der Waals surface area contributed by atoms with Crippen molar-refractivity contribution in [2.45, 2.75) is 216 Å². The monoisotopic (exact) mass is 2040 g/mol. The van der Waals surface area contributed by atoms with Gasteiger partial charge in [-0.2, -0.15) is 0 Å². The molecule has 0 bridgehead atoms. The standard InChI is InChI=1S/C94H153N11O38/c1-57-60(4)84(99-64(8)106)90(140-75(57)53-134-68(12)110)130-44-40-126-36-32-122-28-24-95-79(115)48-104(49-80(116)96-25-29-123-33-39-129-43-47-133-93-87(102-67(11)109)63(7)88(139-72(16)114)78(143-93)56-137-71(15)113)83(119)23-22-74(103-94(121)138-52-73-20-18-17-19-21-73)89(120)105(50-81(117)97-26-30-124-34-37-127-41-45-131-91-85(100-65(9)107)61(5)58(2)76(141-91)54-135-69(13)111)51-82(118)98-27-31-125-35-38-128-42-46-132-92-86(101-66(10)108)62(6)59(3)77(142-92)55-136-70(14)112/h17-21,57-63,74-78,84-88,90-93H,22-56H2,1-16H3,(H,95,115)(H,96,116)(H,97,117)(H,98,118)(H,99,106)(H,100,107)(H,101,108)(H,102,109)(H,103,121). The number of hydrogen-bond acceptors (Lipinski definition) is 38. The van der Waals surface area contributed by atoms with Crippen LogP contribution in [0.3, 0.4) is 0 Å². The van der Waals surface area contributed by atoms with E-state index in [0.717, 1.165) is 9.80 Å². The van der Waals surface area contributed by atoms with Crippen molar-refractivity contribution in [2.24, 2.45) is 41.4 Å². The molecule has 21 atom stereocenters. The number of nitrogens with one attached hydrogen (secondary N) is 9. The van der Waals surface area contributed by atoms with Crippen molar-refractivity contribution < 1.29 is 181 Å². The first-order valence-corrected chi connectivity index (χ1v) is 48.3. The number of nitrogens with zero attached hydrogens (tertiary/aromatic N) is 2. The molecule has 49 nitrogen and oxygen atoms in total. The topological polar surface area (TPSA) is 591 Å². The van der Waals surface area contributed by atoms with Gasteiger partial charge in [0, 0.05) is 101 Å². The van der Waals surface area contributed by atoms with Crippen molar-refractivity contribution in [1.82, 2.24) is 57.7 Å². The van der Waals surface area contributed by atoms with Crippen LogP contribution in [0.5, 0.6) is 0 Å². The van der Waals surface area contributed by atoms with E-state index in [1.165, 1.54) is 62.3 Å². The highest BCUT2D eigenvalue weighted by Crippen LogP contribution is 2.36. The SMILES string of the molecule is CC(=O)NC1C(OCCOCCOCCNC(=O)CN(CC(=O)NCCOCCOCCOC2OC(COC(C)=O)C(OC(C)=O)C(C)C2NC(C)=O)C(=O)CCC(NC(=O)OCc2ccccc2)C(=O)N(CC(=O)NCCOCCOCCOC2OC(COC(C)=O)C(C)C(C)C2NC(C)=O)CC(=O)NCCOCCOCCOC2OC(COC(C)=O)C(C)C(C)C2NC(C)=O)OC(COC(C)=O)C(C)C1C. The molecule has 0 spiro atoms. The van der Waals surface area contributed by atoms with Crippen LogP contribution in [-0.2, 0) is 183 Å². The first-order chi connectivity index (χ1) is 68.2. The van der Waals surface area contributed by atoms with Gasteiger partial charge in [-0.15, -0.1) is 0 Å². The molecule has 1 aromatic rings. The van der Waals surface area contributed by atoms with Gasteiger partial charge in [0.1, 0.15) is 77.5 Å². The van der Waals surface area contributed by atoms with Crippen molar-refractivity contribution in [3.05, 3.63) is 35.9 Å². The zero-order chi connectivity index (χ0) is 105. The van der Waals surface area contributed by atoms with Crippen LogP contribution in [-0.4, -0.2) is 402 Å². The van der Waals surface area contributed by atoms with Crippen molar-refractivity contribution in [1.29, 1.82) is 0 Å². The smallest absolute Gasteiger partial charge is 0.408 e. The summed E-state index contributed by atoms with van der Waals surface area (Å²) in [6, 6.07) is 4.38. The summed E-state index contributed by atoms with van der Waals surface area (Å²) < 4.78 is 126. The average molecular weight is 2050 g/mol. The first-order valence-electron chi connectivity index (χ1n) is 48.3. The van der Waals surface area contributed by atoms with E-state index >= 15 is 4.79 Å². The van der Waals surface area contributed by atoms with Crippen LogP contribution in [0.1, 0.15) is 129 Å². The van der Waals surface area contributed by atoms with E-state index in [0.29, 0.717) is 5.56 Å². The molecule has 5 rings (SSSR count). The third-order valence-corrected chi connectivity index (χ3v) is 23.6. The summed E-state index contributed by atoms with van der Waals surface area (Å²) in [5, 5.41) is 24.6. The van der Waals surface area contributed by atoms with E-state index in [2.05, 4.69) is 47.9 Å². The molecule has 21 unspecified atom stereocenters. The Morgan fingerprint density at radius 1 is 0.322 bits per heavy atom. The maximum atomic E-state index is 15.2. The molecular weight excluding hydrogens is 1890 g/mol. The zero-order valence-electron chi connectivity index (χ0n) is 85.2. The third kappa shape index (κ3) is 49.6. The molecule has 0 aliphatic carbocycles. The van der Waals surface area contributed by atoms with Crippen LogP contribution in [0.2, 0.25) is 0 Å². The van der Waals surface area contributed by atoms with Gasteiger partial charge in [0.15, 0.2) is 25.2 Å². The highest BCUT2D eigenvalue weighted by molar-refractivity contribution is 5.94. The van der Waals surface area contributed by atoms with Crippen molar-refractivity contribution >= 4 is 95.0 Å². The second-order valence-electron chi connectivity index (χ2n) is 34.9. The van der Waals surface area contributed by atoms with Crippen LogP contribution >= 0.6 is 0 Å². The first kappa shape index (κ1) is 123. The second kappa shape index (κ2) is 69.1. The molecule has 0 saturated carbocycles. The molecule has 9 N–H and O–H groups in total. The van der Waals surface area contributed by atoms with Gasteiger partial charge < -0.3 is 162 Å². The van der Waals surface area contributed by atoms with Gasteiger partial charge in [-0.05, 0) is 47.5 Å². The third-order valence-electron chi connectivity index (χ3n) is 23.6. The summed E-state index contributed by atoms with van der Waals surface area (Å²) in [6.45, 7) is 21.4. The Morgan fingerprint density at radius 3 is 0.902 bits per heavy atom. The Hall–Kier alpha value is -10.1. The predicted octanol–water partition coefficient (Wildman–Crippen LogP) is -1.06. The van der Waals surface area contributed by atoms with Gasteiger partial charge >= 0.3 is 35.9 Å². The average Bonchev–Trinajstić information content (AvgIpc) is 0.819. The van der Waals surface area contributed by atoms with Crippen LogP contribution in [0.15, 0.2) is 30.3 Å². The van der Waals surface area contributed by atoms with E-state index in [9.17, 15) is 71.9 Å². The number of rotatable bonds is 68. The highest BCUT2D eigenvalue weighted by Gasteiger charge is 2.49. The van der Waals surface area contributed by atoms with E-state index in [1.807, 2.05) is 41.5 Å². The fraction of sp³-hybridized carbons (Fsp3) is 0.766. The Labute approximate surface area is 834 Å². The molecule has 4 fully saturated rings. The highest BCUT2D eigenvalue weighted by atomic mass is 16.7. The minimum Gasteiger partial charge on any atom is -0.463 e. The molecule has 1 aromatic carbocycles. The predicted molar refractivity (Wildman–Crippen MR) is 500 cm³/mol. The number of benzene rings is 1. The van der Waals surface area contributed by atoms with Crippen LogP contribution < -0.4 is 47.9 Å². The Bertz CT molecular complexity index is 3950. The number of carbonyl (C=O) groups excluding carboxylic acids is 16. The fourth-order valence-electron chi connectivity index (χ4n) is 15.6. The van der Waals surface area contributed by atoms with Crippen molar-refractivity contribution in [3.8, 4) is 0 Å². The molecule has 4 heterocycles. The van der Waals surface area contributed by atoms with Gasteiger partial charge in [0.05, 0.1) is 175 Å². The minimum atomic E-state index is -1.76. The van der Waals surface area contributed by atoms with Gasteiger partial charge in [0.2, 0.25) is 59.1 Å². The Kier molecular flexibility index (Phi) is 59.6. The zero-order valence-corrected chi connectivity index (χ0v) is 85.2. The van der Waals surface area contributed by atoms with Crippen molar-refractivity contribution in [2.75, 3.05) is 211 Å². The number of amides is 11.